The first-order chi connectivity index (χ1) is 5.16. The second-order valence-corrected chi connectivity index (χ2v) is 4.08. The van der Waals surface area contributed by atoms with Crippen molar-refractivity contribution in [2.24, 2.45) is 5.92 Å². The molecule has 0 amide bonds. The molecule has 0 aromatic rings. The third-order valence-electron chi connectivity index (χ3n) is 2.98. The zero-order valence-electron chi connectivity index (χ0n) is 8.02. The monoisotopic (exact) mass is 156 g/mol. The fourth-order valence-corrected chi connectivity index (χ4v) is 1.55. The molecule has 11 heavy (non-hydrogen) atoms. The first-order valence-corrected chi connectivity index (χ1v) is 4.80. The Hall–Kier alpha value is -0.0400. The molecule has 1 aliphatic heterocycles. The van der Waals surface area contributed by atoms with Crippen LogP contribution in [0, 0.1) is 5.92 Å². The van der Waals surface area contributed by atoms with Gasteiger partial charge in [-0.3, -0.25) is 0 Å². The van der Waals surface area contributed by atoms with Crippen LogP contribution in [0.2, 0.25) is 0 Å². The maximum absolute atomic E-state index is 5.81. The van der Waals surface area contributed by atoms with E-state index in [-0.39, 0.29) is 5.60 Å². The molecular weight excluding hydrogens is 136 g/mol. The van der Waals surface area contributed by atoms with Crippen molar-refractivity contribution >= 4 is 0 Å². The molecule has 1 nitrogen and oxygen atoms in total. The fraction of sp³-hybridized carbons (Fsp3) is 1.00. The molecule has 1 rings (SSSR count). The van der Waals surface area contributed by atoms with Gasteiger partial charge in [-0.15, -0.1) is 0 Å². The molecule has 0 aliphatic carbocycles. The molecule has 0 bridgehead atoms. The molecule has 1 fully saturated rings. The van der Waals surface area contributed by atoms with Crippen molar-refractivity contribution in [2.75, 3.05) is 6.61 Å². The largest absolute Gasteiger partial charge is 0.375 e. The molecule has 0 radical (unpaired) electrons. The lowest BCUT2D eigenvalue weighted by Crippen LogP contribution is -2.26. The summed E-state index contributed by atoms with van der Waals surface area (Å²) in [6.45, 7) is 7.75. The number of hydrogen-bond acceptors (Lipinski definition) is 1. The molecule has 1 aliphatic rings. The topological polar surface area (TPSA) is 9.23 Å². The molecule has 1 heterocycles. The van der Waals surface area contributed by atoms with E-state index in [0.717, 1.165) is 18.9 Å². The molecule has 1 heteroatoms. The van der Waals surface area contributed by atoms with Crippen LogP contribution in [0.4, 0.5) is 0 Å². The Bertz CT molecular complexity index is 122. The Labute approximate surface area is 70.1 Å². The van der Waals surface area contributed by atoms with Gasteiger partial charge in [-0.2, -0.15) is 0 Å². The van der Waals surface area contributed by atoms with Crippen molar-refractivity contribution in [3.8, 4) is 0 Å². The van der Waals surface area contributed by atoms with E-state index in [4.69, 9.17) is 4.74 Å². The van der Waals surface area contributed by atoms with Gasteiger partial charge in [0.1, 0.15) is 0 Å². The summed E-state index contributed by atoms with van der Waals surface area (Å²) >= 11 is 0. The smallest absolute Gasteiger partial charge is 0.0652 e. The van der Waals surface area contributed by atoms with E-state index in [1.807, 2.05) is 0 Å². The summed E-state index contributed by atoms with van der Waals surface area (Å²) < 4.78 is 5.81. The Morgan fingerprint density at radius 2 is 2.18 bits per heavy atom. The highest BCUT2D eigenvalue weighted by Crippen LogP contribution is 2.29. The molecule has 0 aromatic heterocycles. The number of rotatable bonds is 1. The second-order valence-electron chi connectivity index (χ2n) is 4.08. The maximum atomic E-state index is 5.81. The van der Waals surface area contributed by atoms with E-state index >= 15 is 0 Å². The Morgan fingerprint density at radius 1 is 1.45 bits per heavy atom. The lowest BCUT2D eigenvalue weighted by Gasteiger charge is -2.26. The second kappa shape index (κ2) is 3.57. The molecule has 0 spiro atoms. The molecular formula is C10H20O. The molecule has 1 saturated heterocycles. The van der Waals surface area contributed by atoms with Gasteiger partial charge in [-0.25, -0.2) is 0 Å². The zero-order valence-corrected chi connectivity index (χ0v) is 8.02. The van der Waals surface area contributed by atoms with Crippen LogP contribution in [0.15, 0.2) is 0 Å². The van der Waals surface area contributed by atoms with Crippen molar-refractivity contribution in [2.45, 2.75) is 52.1 Å². The first-order valence-electron chi connectivity index (χ1n) is 4.80. The third-order valence-corrected chi connectivity index (χ3v) is 2.98. The van der Waals surface area contributed by atoms with Crippen molar-refractivity contribution in [3.63, 3.8) is 0 Å². The molecule has 0 aromatic carbocycles. The first kappa shape index (κ1) is 9.05. The highest BCUT2D eigenvalue weighted by molar-refractivity contribution is 4.77. The van der Waals surface area contributed by atoms with E-state index in [1.54, 1.807) is 0 Å². The summed E-state index contributed by atoms with van der Waals surface area (Å²) in [4.78, 5) is 0. The lowest BCUT2D eigenvalue weighted by molar-refractivity contribution is -0.0307. The summed E-state index contributed by atoms with van der Waals surface area (Å²) in [5, 5.41) is 0. The van der Waals surface area contributed by atoms with Crippen LogP contribution in [0.5, 0.6) is 0 Å². The van der Waals surface area contributed by atoms with Gasteiger partial charge in [-0.05, 0) is 38.5 Å². The van der Waals surface area contributed by atoms with Crippen LogP contribution in [0.3, 0.4) is 0 Å². The van der Waals surface area contributed by atoms with Crippen molar-refractivity contribution in [1.29, 1.82) is 0 Å². The van der Waals surface area contributed by atoms with Gasteiger partial charge in [0.2, 0.25) is 0 Å². The van der Waals surface area contributed by atoms with Gasteiger partial charge in [0.25, 0.3) is 0 Å². The van der Waals surface area contributed by atoms with E-state index in [0.29, 0.717) is 0 Å². The highest BCUT2D eigenvalue weighted by atomic mass is 16.5. The zero-order chi connectivity index (χ0) is 8.32. The minimum atomic E-state index is 0.185. The van der Waals surface area contributed by atoms with E-state index in [9.17, 15) is 0 Å². The van der Waals surface area contributed by atoms with Gasteiger partial charge in [-0.1, -0.05) is 13.8 Å². The fourth-order valence-electron chi connectivity index (χ4n) is 1.55. The van der Waals surface area contributed by atoms with Crippen molar-refractivity contribution < 1.29 is 4.74 Å². The van der Waals surface area contributed by atoms with E-state index < -0.39 is 0 Å². The summed E-state index contributed by atoms with van der Waals surface area (Å²) in [6, 6.07) is 0. The van der Waals surface area contributed by atoms with E-state index in [2.05, 4.69) is 20.8 Å². The Kier molecular flexibility index (Phi) is 2.94. The summed E-state index contributed by atoms with van der Waals surface area (Å²) in [6.07, 6.45) is 4.98. The molecule has 0 saturated carbocycles. The standard InChI is InChI=1S/C10H20O/c1-4-10(3)7-5-9(2)6-8-11-10/h9H,4-8H2,1-3H3. The van der Waals surface area contributed by atoms with Gasteiger partial charge in [0.05, 0.1) is 5.60 Å². The molecule has 66 valence electrons. The summed E-state index contributed by atoms with van der Waals surface area (Å²) in [5.41, 5.74) is 0.185. The van der Waals surface area contributed by atoms with Crippen LogP contribution < -0.4 is 0 Å². The highest BCUT2D eigenvalue weighted by Gasteiger charge is 2.26. The number of hydrogen-bond donors (Lipinski definition) is 0. The van der Waals surface area contributed by atoms with Crippen LogP contribution in [-0.2, 0) is 4.74 Å². The Balaban J connectivity index is 2.45. The maximum Gasteiger partial charge on any atom is 0.0652 e. The van der Waals surface area contributed by atoms with Crippen molar-refractivity contribution in [1.82, 2.24) is 0 Å². The molecule has 0 N–H and O–H groups in total. The Morgan fingerprint density at radius 3 is 2.82 bits per heavy atom. The average molecular weight is 156 g/mol. The van der Waals surface area contributed by atoms with Gasteiger partial charge >= 0.3 is 0 Å². The third kappa shape index (κ3) is 2.48. The average Bonchev–Trinajstić information content (AvgIpc) is 2.15. The van der Waals surface area contributed by atoms with Gasteiger partial charge < -0.3 is 4.74 Å². The summed E-state index contributed by atoms with van der Waals surface area (Å²) in [7, 11) is 0. The van der Waals surface area contributed by atoms with Crippen LogP contribution in [-0.4, -0.2) is 12.2 Å². The minimum Gasteiger partial charge on any atom is -0.375 e. The summed E-state index contributed by atoms with van der Waals surface area (Å²) in [5.74, 6) is 0.864. The predicted octanol–water partition coefficient (Wildman–Crippen LogP) is 2.99. The van der Waals surface area contributed by atoms with Crippen LogP contribution in [0.1, 0.15) is 46.5 Å². The molecule has 2 atom stereocenters. The van der Waals surface area contributed by atoms with Gasteiger partial charge in [0.15, 0.2) is 0 Å². The quantitative estimate of drug-likeness (QED) is 0.567. The SMILES string of the molecule is CCC1(C)CCC(C)CCO1. The normalized spacial score (nSPS) is 40.1. The lowest BCUT2D eigenvalue weighted by atomic mass is 9.93. The van der Waals surface area contributed by atoms with Crippen LogP contribution in [0.25, 0.3) is 0 Å². The molecule has 2 unspecified atom stereocenters. The van der Waals surface area contributed by atoms with Crippen LogP contribution >= 0.6 is 0 Å². The van der Waals surface area contributed by atoms with E-state index in [1.165, 1.54) is 19.3 Å². The predicted molar refractivity (Wildman–Crippen MR) is 47.7 cm³/mol. The number of ether oxygens (including phenoxy) is 1. The van der Waals surface area contributed by atoms with Crippen molar-refractivity contribution in [3.05, 3.63) is 0 Å². The van der Waals surface area contributed by atoms with Gasteiger partial charge in [0, 0.05) is 6.61 Å². The minimum absolute atomic E-state index is 0.185.